The molecule has 0 aliphatic rings. The summed E-state index contributed by atoms with van der Waals surface area (Å²) in [5, 5.41) is 28.0. The lowest BCUT2D eigenvalue weighted by molar-refractivity contribution is -0.254. The van der Waals surface area contributed by atoms with Gasteiger partial charge in [-0.1, -0.05) is 20.8 Å². The van der Waals surface area contributed by atoms with Crippen molar-refractivity contribution in [2.45, 2.75) is 52.6 Å². The molecule has 0 aromatic rings. The second-order valence-electron chi connectivity index (χ2n) is 8.68. The second kappa shape index (κ2) is 12.3. The molecule has 0 aliphatic carbocycles. The van der Waals surface area contributed by atoms with E-state index in [0.717, 1.165) is 6.42 Å². The molecule has 0 rings (SSSR count). The summed E-state index contributed by atoms with van der Waals surface area (Å²) >= 11 is 0. The number of aliphatic hydroxyl groups excluding tert-OH is 3. The molecular weight excluding hydrogens is 381 g/mol. The van der Waals surface area contributed by atoms with Gasteiger partial charge in [0.2, 0.25) is 0 Å². The maximum Gasteiger partial charge on any atom is 0.398 e. The Bertz CT molecular complexity index is 407. The van der Waals surface area contributed by atoms with Crippen LogP contribution >= 0.6 is 0 Å². The number of aliphatic hydroxyl groups is 3. The molecule has 0 fully saturated rings. The highest BCUT2D eigenvalue weighted by molar-refractivity contribution is 4.85. The lowest BCUT2D eigenvalue weighted by Gasteiger charge is -2.34. The molecule has 0 amide bonds. The monoisotopic (exact) mass is 418 g/mol. The van der Waals surface area contributed by atoms with Gasteiger partial charge in [0, 0.05) is 19.1 Å². The number of rotatable bonds is 15. The van der Waals surface area contributed by atoms with Crippen molar-refractivity contribution in [2.24, 2.45) is 16.2 Å². The van der Waals surface area contributed by atoms with E-state index in [1.54, 1.807) is 7.11 Å². The van der Waals surface area contributed by atoms with Crippen LogP contribution in [0, 0.1) is 16.2 Å². The van der Waals surface area contributed by atoms with E-state index in [9.17, 15) is 18.3 Å². The van der Waals surface area contributed by atoms with Gasteiger partial charge in [-0.3, -0.25) is 0 Å². The van der Waals surface area contributed by atoms with Gasteiger partial charge in [-0.15, -0.1) is 0 Å². The van der Waals surface area contributed by atoms with E-state index >= 15 is 0 Å². The first kappa shape index (κ1) is 27.5. The molecule has 1 atom stereocenters. The van der Waals surface area contributed by atoms with Crippen molar-refractivity contribution in [1.29, 1.82) is 0 Å². The highest BCUT2D eigenvalue weighted by atomic mass is 19.4. The van der Waals surface area contributed by atoms with Crippen LogP contribution in [-0.2, 0) is 14.2 Å². The minimum Gasteiger partial charge on any atom is -0.396 e. The van der Waals surface area contributed by atoms with E-state index < -0.39 is 36.6 Å². The SMILES string of the molecule is COCCC(CO)(CCC(C)(C)C)COCOCCC(CO)(CO)C(F)(F)F. The normalized spacial score (nSPS) is 15.6. The summed E-state index contributed by atoms with van der Waals surface area (Å²) < 4.78 is 54.7. The number of ether oxygens (including phenoxy) is 3. The number of hydrogen-bond donors (Lipinski definition) is 3. The third-order valence-electron chi connectivity index (χ3n) is 5.08. The van der Waals surface area contributed by atoms with Crippen LogP contribution in [0.4, 0.5) is 13.2 Å². The Hall–Kier alpha value is -0.450. The van der Waals surface area contributed by atoms with E-state index in [2.05, 4.69) is 20.8 Å². The Labute approximate surface area is 166 Å². The summed E-state index contributed by atoms with van der Waals surface area (Å²) in [4.78, 5) is 0. The Morgan fingerprint density at radius 2 is 1.36 bits per heavy atom. The fraction of sp³-hybridized carbons (Fsp3) is 1.00. The molecule has 0 aromatic carbocycles. The summed E-state index contributed by atoms with van der Waals surface area (Å²) in [7, 11) is 1.57. The Kier molecular flexibility index (Phi) is 12.1. The number of halogens is 3. The summed E-state index contributed by atoms with van der Waals surface area (Å²) in [6.45, 7) is 3.85. The van der Waals surface area contributed by atoms with Gasteiger partial charge < -0.3 is 29.5 Å². The number of alkyl halides is 3. The molecule has 3 N–H and O–H groups in total. The lowest BCUT2D eigenvalue weighted by Crippen LogP contribution is -2.45. The fourth-order valence-corrected chi connectivity index (χ4v) is 2.60. The standard InChI is InChI=1S/C19H37F3O6/c1-16(2,3)5-6-17(11-23,7-9-26-4)14-28-15-27-10-8-18(12-24,13-25)19(20,21)22/h23-25H,5-15H2,1-4H3. The van der Waals surface area contributed by atoms with Gasteiger partial charge in [0.25, 0.3) is 0 Å². The predicted molar refractivity (Wildman–Crippen MR) is 98.7 cm³/mol. The zero-order valence-electron chi connectivity index (χ0n) is 17.5. The quantitative estimate of drug-likeness (QED) is 0.280. The zero-order chi connectivity index (χ0) is 21.9. The third-order valence-corrected chi connectivity index (χ3v) is 5.08. The van der Waals surface area contributed by atoms with E-state index in [4.69, 9.17) is 24.4 Å². The summed E-state index contributed by atoms with van der Waals surface area (Å²) in [5.41, 5.74) is -3.02. The van der Waals surface area contributed by atoms with E-state index in [-0.39, 0.29) is 32.0 Å². The summed E-state index contributed by atoms with van der Waals surface area (Å²) in [5.74, 6) is 0. The first-order valence-corrected chi connectivity index (χ1v) is 9.45. The molecule has 0 saturated carbocycles. The summed E-state index contributed by atoms with van der Waals surface area (Å²) in [6.07, 6.45) is -3.15. The van der Waals surface area contributed by atoms with Gasteiger partial charge in [-0.25, -0.2) is 0 Å². The van der Waals surface area contributed by atoms with Gasteiger partial charge in [0.05, 0.1) is 33.0 Å². The Morgan fingerprint density at radius 3 is 1.79 bits per heavy atom. The van der Waals surface area contributed by atoms with Crippen LogP contribution in [0.5, 0.6) is 0 Å². The van der Waals surface area contributed by atoms with E-state index in [0.29, 0.717) is 19.4 Å². The van der Waals surface area contributed by atoms with E-state index in [1.807, 2.05) is 0 Å². The number of hydrogen-bond acceptors (Lipinski definition) is 6. The number of methoxy groups -OCH3 is 1. The van der Waals surface area contributed by atoms with Crippen LogP contribution in [0.15, 0.2) is 0 Å². The first-order chi connectivity index (χ1) is 12.9. The van der Waals surface area contributed by atoms with Crippen molar-refractivity contribution in [3.63, 3.8) is 0 Å². The molecule has 0 bridgehead atoms. The molecule has 0 heterocycles. The maximum absolute atomic E-state index is 13.0. The molecule has 0 radical (unpaired) electrons. The molecule has 0 saturated heterocycles. The molecule has 9 heteroatoms. The molecule has 6 nitrogen and oxygen atoms in total. The molecule has 28 heavy (non-hydrogen) atoms. The van der Waals surface area contributed by atoms with Gasteiger partial charge in [0.15, 0.2) is 0 Å². The van der Waals surface area contributed by atoms with Crippen molar-refractivity contribution in [1.82, 2.24) is 0 Å². The van der Waals surface area contributed by atoms with Crippen LogP contribution in [0.1, 0.15) is 46.5 Å². The van der Waals surface area contributed by atoms with Crippen molar-refractivity contribution >= 4 is 0 Å². The summed E-state index contributed by atoms with van der Waals surface area (Å²) in [6, 6.07) is 0. The van der Waals surface area contributed by atoms with Crippen LogP contribution in [0.2, 0.25) is 0 Å². The fourth-order valence-electron chi connectivity index (χ4n) is 2.60. The van der Waals surface area contributed by atoms with E-state index in [1.165, 1.54) is 0 Å². The second-order valence-corrected chi connectivity index (χ2v) is 8.68. The molecule has 170 valence electrons. The van der Waals surface area contributed by atoms with Gasteiger partial charge in [-0.05, 0) is 31.1 Å². The third kappa shape index (κ3) is 9.37. The zero-order valence-corrected chi connectivity index (χ0v) is 17.5. The van der Waals surface area contributed by atoms with Crippen LogP contribution in [-0.4, -0.2) is 75.0 Å². The topological polar surface area (TPSA) is 88.4 Å². The van der Waals surface area contributed by atoms with Crippen molar-refractivity contribution < 1.29 is 42.7 Å². The molecule has 0 aromatic heterocycles. The largest absolute Gasteiger partial charge is 0.398 e. The van der Waals surface area contributed by atoms with Gasteiger partial charge in [0.1, 0.15) is 12.2 Å². The van der Waals surface area contributed by atoms with Crippen molar-refractivity contribution in [3.8, 4) is 0 Å². The maximum atomic E-state index is 13.0. The molecule has 1 unspecified atom stereocenters. The smallest absolute Gasteiger partial charge is 0.396 e. The Balaban J connectivity index is 4.56. The molecule has 0 aliphatic heterocycles. The highest BCUT2D eigenvalue weighted by Gasteiger charge is 2.53. The lowest BCUT2D eigenvalue weighted by atomic mass is 9.76. The van der Waals surface area contributed by atoms with Crippen LogP contribution in [0.25, 0.3) is 0 Å². The Morgan fingerprint density at radius 1 is 0.750 bits per heavy atom. The van der Waals surface area contributed by atoms with Crippen LogP contribution in [0.3, 0.4) is 0 Å². The minimum absolute atomic E-state index is 0.0828. The van der Waals surface area contributed by atoms with Crippen LogP contribution < -0.4 is 0 Å². The molecular formula is C19H37F3O6. The van der Waals surface area contributed by atoms with Gasteiger partial charge in [-0.2, -0.15) is 13.2 Å². The van der Waals surface area contributed by atoms with Crippen molar-refractivity contribution in [2.75, 3.05) is 53.5 Å². The van der Waals surface area contributed by atoms with Crippen molar-refractivity contribution in [3.05, 3.63) is 0 Å². The van der Waals surface area contributed by atoms with Gasteiger partial charge >= 0.3 is 6.18 Å². The molecule has 0 spiro atoms. The highest BCUT2D eigenvalue weighted by Crippen LogP contribution is 2.40. The predicted octanol–water partition coefficient (Wildman–Crippen LogP) is 2.74. The average molecular weight is 418 g/mol. The first-order valence-electron chi connectivity index (χ1n) is 9.45. The minimum atomic E-state index is -4.74. The average Bonchev–Trinajstić information content (AvgIpc) is 2.61.